The molecule has 0 spiro atoms. The second kappa shape index (κ2) is 11.7. The van der Waals surface area contributed by atoms with Crippen LogP contribution in [0.4, 0.5) is 13.2 Å². The Morgan fingerprint density at radius 3 is 2.35 bits per heavy atom. The Labute approximate surface area is 199 Å². The lowest BCUT2D eigenvalue weighted by Crippen LogP contribution is -2.45. The van der Waals surface area contributed by atoms with E-state index in [0.717, 1.165) is 44.3 Å². The monoisotopic (exact) mass is 477 g/mol. The molecular weight excluding hydrogens is 443 g/mol. The van der Waals surface area contributed by atoms with Gasteiger partial charge < -0.3 is 9.84 Å². The zero-order chi connectivity index (χ0) is 24.7. The van der Waals surface area contributed by atoms with Crippen molar-refractivity contribution in [1.82, 2.24) is 4.90 Å². The predicted molar refractivity (Wildman–Crippen MR) is 126 cm³/mol. The number of aliphatic carboxylic acids is 1. The molecule has 1 aliphatic rings. The van der Waals surface area contributed by atoms with Crippen LogP contribution in [0.1, 0.15) is 63.0 Å². The molecule has 3 atom stereocenters. The van der Waals surface area contributed by atoms with Gasteiger partial charge in [-0.25, -0.2) is 0 Å². The molecule has 0 radical (unpaired) electrons. The first-order chi connectivity index (χ1) is 16.1. The average molecular weight is 478 g/mol. The number of carboxylic acid groups (broad SMARTS) is 1. The van der Waals surface area contributed by atoms with Crippen LogP contribution >= 0.6 is 0 Å². The zero-order valence-electron chi connectivity index (χ0n) is 19.8. The van der Waals surface area contributed by atoms with Crippen molar-refractivity contribution in [3.63, 3.8) is 0 Å². The minimum atomic E-state index is -4.75. The Balaban J connectivity index is 1.93. The third-order valence-electron chi connectivity index (χ3n) is 6.62. The number of rotatable bonds is 10. The lowest BCUT2D eigenvalue weighted by atomic mass is 9.70. The molecule has 186 valence electrons. The largest absolute Gasteiger partial charge is 0.573 e. The van der Waals surface area contributed by atoms with E-state index in [9.17, 15) is 23.1 Å². The van der Waals surface area contributed by atoms with Crippen molar-refractivity contribution in [3.8, 4) is 5.75 Å². The van der Waals surface area contributed by atoms with E-state index in [0.29, 0.717) is 5.92 Å². The summed E-state index contributed by atoms with van der Waals surface area (Å²) < 4.78 is 41.9. The zero-order valence-corrected chi connectivity index (χ0v) is 19.8. The molecule has 0 heterocycles. The van der Waals surface area contributed by atoms with Crippen LogP contribution in [-0.2, 0) is 11.3 Å². The van der Waals surface area contributed by atoms with Crippen LogP contribution in [0.25, 0.3) is 0 Å². The van der Waals surface area contributed by atoms with Gasteiger partial charge in [0.25, 0.3) is 0 Å². The number of carboxylic acids is 1. The highest BCUT2D eigenvalue weighted by Gasteiger charge is 2.39. The number of hydrogen-bond donors (Lipinski definition) is 1. The van der Waals surface area contributed by atoms with Gasteiger partial charge in [0.2, 0.25) is 0 Å². The van der Waals surface area contributed by atoms with Crippen molar-refractivity contribution >= 4 is 5.97 Å². The van der Waals surface area contributed by atoms with Gasteiger partial charge in [-0.15, -0.1) is 13.2 Å². The smallest absolute Gasteiger partial charge is 0.481 e. The third-order valence-corrected chi connectivity index (χ3v) is 6.62. The normalized spacial score (nSPS) is 21.1. The molecule has 0 amide bonds. The third kappa shape index (κ3) is 7.76. The molecule has 2 aromatic rings. The highest BCUT2D eigenvalue weighted by molar-refractivity contribution is 5.67. The van der Waals surface area contributed by atoms with Crippen LogP contribution in [0.15, 0.2) is 54.6 Å². The van der Waals surface area contributed by atoms with Crippen molar-refractivity contribution in [1.29, 1.82) is 0 Å². The molecule has 34 heavy (non-hydrogen) atoms. The molecule has 1 aliphatic carbocycles. The van der Waals surface area contributed by atoms with Crippen LogP contribution in [0.5, 0.6) is 5.75 Å². The Kier molecular flexibility index (Phi) is 9.00. The molecule has 0 unspecified atom stereocenters. The number of nitrogens with zero attached hydrogens (tertiary/aromatic N) is 1. The molecule has 2 aromatic carbocycles. The topological polar surface area (TPSA) is 49.8 Å². The van der Waals surface area contributed by atoms with Gasteiger partial charge in [0.05, 0.1) is 0 Å². The quantitative estimate of drug-likeness (QED) is 0.406. The molecule has 3 rings (SSSR count). The summed E-state index contributed by atoms with van der Waals surface area (Å²) >= 11 is 0. The van der Waals surface area contributed by atoms with Gasteiger partial charge in [-0.1, -0.05) is 62.7 Å². The SMILES string of the molecule is CC(C)CCN(Cc1ccccc1)[C@@H]1CCC[C@H](CC(=O)O)[C@H]1c1ccc(OC(F)(F)F)cc1. The lowest BCUT2D eigenvalue weighted by molar-refractivity contribution is -0.274. The molecular formula is C27H34F3NO3. The molecule has 1 N–H and O–H groups in total. The van der Waals surface area contributed by atoms with E-state index in [1.807, 2.05) is 18.2 Å². The Morgan fingerprint density at radius 1 is 1.09 bits per heavy atom. The first-order valence-corrected chi connectivity index (χ1v) is 12.0. The van der Waals surface area contributed by atoms with Gasteiger partial charge in [-0.05, 0) is 60.9 Å². The standard InChI is InChI=1S/C27H34F3NO3/c1-19(2)15-16-31(18-20-7-4-3-5-8-20)24-10-6-9-22(17-25(32)33)26(24)21-11-13-23(14-12-21)34-27(28,29)30/h3-5,7-8,11-14,19,22,24,26H,6,9-10,15-18H2,1-2H3,(H,32,33)/t22-,24-,26-/m1/s1. The van der Waals surface area contributed by atoms with Crippen molar-refractivity contribution in [3.05, 3.63) is 65.7 Å². The second-order valence-corrected chi connectivity index (χ2v) is 9.64. The maximum absolute atomic E-state index is 12.6. The van der Waals surface area contributed by atoms with E-state index in [1.165, 1.54) is 17.7 Å². The fourth-order valence-electron chi connectivity index (χ4n) is 5.12. The van der Waals surface area contributed by atoms with Crippen molar-refractivity contribution in [2.24, 2.45) is 11.8 Å². The molecule has 4 nitrogen and oxygen atoms in total. The summed E-state index contributed by atoms with van der Waals surface area (Å²) in [6.07, 6.45) is -1.04. The minimum absolute atomic E-state index is 0.0470. The highest BCUT2D eigenvalue weighted by atomic mass is 19.4. The highest BCUT2D eigenvalue weighted by Crippen LogP contribution is 2.43. The van der Waals surface area contributed by atoms with Crippen LogP contribution in [0.2, 0.25) is 0 Å². The maximum atomic E-state index is 12.6. The lowest BCUT2D eigenvalue weighted by Gasteiger charge is -2.44. The minimum Gasteiger partial charge on any atom is -0.481 e. The number of alkyl halides is 3. The van der Waals surface area contributed by atoms with Gasteiger partial charge >= 0.3 is 12.3 Å². The van der Waals surface area contributed by atoms with Crippen molar-refractivity contribution < 1.29 is 27.8 Å². The summed E-state index contributed by atoms with van der Waals surface area (Å²) in [5.41, 5.74) is 2.06. The van der Waals surface area contributed by atoms with E-state index >= 15 is 0 Å². The molecule has 0 aromatic heterocycles. The summed E-state index contributed by atoms with van der Waals surface area (Å²) in [4.78, 5) is 14.1. The van der Waals surface area contributed by atoms with Gasteiger partial charge in [0.15, 0.2) is 0 Å². The molecule has 0 aliphatic heterocycles. The number of hydrogen-bond acceptors (Lipinski definition) is 3. The van der Waals surface area contributed by atoms with Crippen LogP contribution in [0, 0.1) is 11.8 Å². The van der Waals surface area contributed by atoms with E-state index in [4.69, 9.17) is 0 Å². The molecule has 7 heteroatoms. The van der Waals surface area contributed by atoms with E-state index in [1.54, 1.807) is 12.1 Å². The first kappa shape index (κ1) is 26.1. The molecule has 0 bridgehead atoms. The summed E-state index contributed by atoms with van der Waals surface area (Å²) in [6.45, 7) is 6.00. The van der Waals surface area contributed by atoms with Gasteiger partial charge in [0, 0.05) is 24.9 Å². The number of halogens is 3. The van der Waals surface area contributed by atoms with Gasteiger partial charge in [0.1, 0.15) is 5.75 Å². The Bertz CT molecular complexity index is 900. The first-order valence-electron chi connectivity index (χ1n) is 12.0. The van der Waals surface area contributed by atoms with Gasteiger partial charge in [-0.2, -0.15) is 0 Å². The van der Waals surface area contributed by atoms with Crippen LogP contribution < -0.4 is 4.74 Å². The van der Waals surface area contributed by atoms with Crippen molar-refractivity contribution in [2.45, 2.75) is 70.8 Å². The van der Waals surface area contributed by atoms with Crippen molar-refractivity contribution in [2.75, 3.05) is 6.54 Å². The van der Waals surface area contributed by atoms with Crippen LogP contribution in [0.3, 0.4) is 0 Å². The number of benzene rings is 2. The number of ether oxygens (including phenoxy) is 1. The summed E-state index contributed by atoms with van der Waals surface area (Å²) in [5.74, 6) is -0.749. The molecule has 1 saturated carbocycles. The summed E-state index contributed by atoms with van der Waals surface area (Å²) in [5, 5.41) is 9.58. The summed E-state index contributed by atoms with van der Waals surface area (Å²) in [7, 11) is 0. The second-order valence-electron chi connectivity index (χ2n) is 9.64. The fraction of sp³-hybridized carbons (Fsp3) is 0.519. The Hall–Kier alpha value is -2.54. The van der Waals surface area contributed by atoms with E-state index < -0.39 is 12.3 Å². The maximum Gasteiger partial charge on any atom is 0.573 e. The van der Waals surface area contributed by atoms with E-state index in [2.05, 4.69) is 35.6 Å². The van der Waals surface area contributed by atoms with Gasteiger partial charge in [-0.3, -0.25) is 9.69 Å². The predicted octanol–water partition coefficient (Wildman–Crippen LogP) is 6.86. The Morgan fingerprint density at radius 2 is 1.76 bits per heavy atom. The number of carbonyl (C=O) groups is 1. The fourth-order valence-corrected chi connectivity index (χ4v) is 5.12. The van der Waals surface area contributed by atoms with Crippen LogP contribution in [-0.4, -0.2) is 34.9 Å². The molecule has 1 fully saturated rings. The molecule has 0 saturated heterocycles. The van der Waals surface area contributed by atoms with E-state index in [-0.39, 0.29) is 30.0 Å². The average Bonchev–Trinajstić information content (AvgIpc) is 2.76. The summed E-state index contributed by atoms with van der Waals surface area (Å²) in [6, 6.07) is 16.3.